The average molecular weight is 302 g/mol. The fraction of sp³-hybridized carbons (Fsp3) is 0.417. The number of benzene rings is 1. The summed E-state index contributed by atoms with van der Waals surface area (Å²) in [6.45, 7) is 1.73. The lowest BCUT2D eigenvalue weighted by molar-refractivity contribution is -0.113. The molecule has 106 valence electrons. The molecular weight excluding hydrogens is 284 g/mol. The van der Waals surface area contributed by atoms with Gasteiger partial charge in [-0.2, -0.15) is 11.8 Å². The predicted molar refractivity (Wildman–Crippen MR) is 79.1 cm³/mol. The largest absolute Gasteiger partial charge is 0.325 e. The van der Waals surface area contributed by atoms with Crippen molar-refractivity contribution in [1.29, 1.82) is 0 Å². The summed E-state index contributed by atoms with van der Waals surface area (Å²) < 4.78 is 25.4. The zero-order chi connectivity index (χ0) is 14.6. The Hall–Kier alpha value is -1.05. The van der Waals surface area contributed by atoms with Crippen LogP contribution in [0.25, 0.3) is 0 Å². The molecule has 1 aromatic carbocycles. The molecule has 0 atom stereocenters. The minimum atomic E-state index is -3.50. The lowest BCUT2D eigenvalue weighted by atomic mass is 10.2. The smallest absolute Gasteiger partial charge is 0.242 e. The number of aryl methyl sites for hydroxylation is 1. The summed E-state index contributed by atoms with van der Waals surface area (Å²) in [6, 6.07) is 4.87. The normalized spacial score (nSPS) is 11.6. The summed E-state index contributed by atoms with van der Waals surface area (Å²) in [4.78, 5) is 11.7. The molecule has 1 aromatic rings. The first-order valence-corrected chi connectivity index (χ1v) is 8.44. The molecule has 7 heteroatoms. The molecule has 1 N–H and O–H groups in total. The molecule has 0 unspecified atom stereocenters. The Bertz CT molecular complexity index is 568. The van der Waals surface area contributed by atoms with Gasteiger partial charge in [-0.3, -0.25) is 4.79 Å². The van der Waals surface area contributed by atoms with Crippen LogP contribution in [0.5, 0.6) is 0 Å². The summed E-state index contributed by atoms with van der Waals surface area (Å²) in [5.41, 5.74) is 1.14. The number of nitrogens with one attached hydrogen (secondary N) is 1. The van der Waals surface area contributed by atoms with Crippen molar-refractivity contribution in [3.05, 3.63) is 23.8 Å². The molecule has 1 amide bonds. The number of thioether (sulfide) groups is 1. The van der Waals surface area contributed by atoms with E-state index in [0.29, 0.717) is 17.0 Å². The molecule has 0 aromatic heterocycles. The second-order valence-electron chi connectivity index (χ2n) is 4.25. The fourth-order valence-corrected chi connectivity index (χ4v) is 2.96. The Morgan fingerprint density at radius 1 is 1.37 bits per heavy atom. The minimum absolute atomic E-state index is 0.149. The van der Waals surface area contributed by atoms with Crippen LogP contribution >= 0.6 is 11.8 Å². The molecule has 0 aliphatic rings. The van der Waals surface area contributed by atoms with Crippen molar-refractivity contribution < 1.29 is 13.2 Å². The van der Waals surface area contributed by atoms with Gasteiger partial charge in [0.25, 0.3) is 0 Å². The maximum atomic E-state index is 12.1. The maximum Gasteiger partial charge on any atom is 0.242 e. The summed E-state index contributed by atoms with van der Waals surface area (Å²) in [6.07, 6.45) is 1.83. The topological polar surface area (TPSA) is 66.5 Å². The van der Waals surface area contributed by atoms with Crippen LogP contribution in [-0.2, 0) is 14.8 Å². The lowest BCUT2D eigenvalue weighted by Gasteiger charge is -2.15. The van der Waals surface area contributed by atoms with Gasteiger partial charge in [0.1, 0.15) is 0 Å². The van der Waals surface area contributed by atoms with E-state index in [1.165, 1.54) is 31.9 Å². The van der Waals surface area contributed by atoms with Gasteiger partial charge in [0, 0.05) is 19.8 Å². The van der Waals surface area contributed by atoms with Gasteiger partial charge >= 0.3 is 0 Å². The number of sulfonamides is 1. The van der Waals surface area contributed by atoms with Crippen LogP contribution in [0.15, 0.2) is 23.1 Å². The van der Waals surface area contributed by atoms with Crippen molar-refractivity contribution in [3.8, 4) is 0 Å². The van der Waals surface area contributed by atoms with Crippen LogP contribution in [0.3, 0.4) is 0 Å². The van der Waals surface area contributed by atoms with E-state index in [2.05, 4.69) is 5.32 Å². The van der Waals surface area contributed by atoms with Crippen molar-refractivity contribution in [3.63, 3.8) is 0 Å². The second-order valence-corrected chi connectivity index (χ2v) is 7.24. The highest BCUT2D eigenvalue weighted by atomic mass is 32.2. The van der Waals surface area contributed by atoms with Crippen LogP contribution in [0, 0.1) is 6.92 Å². The van der Waals surface area contributed by atoms with Crippen molar-refractivity contribution in [2.45, 2.75) is 11.8 Å². The molecule has 5 nitrogen and oxygen atoms in total. The number of amides is 1. The maximum absolute atomic E-state index is 12.1. The average Bonchev–Trinajstić information content (AvgIpc) is 2.31. The summed E-state index contributed by atoms with van der Waals surface area (Å²) in [5.74, 6) is 0.188. The third kappa shape index (κ3) is 3.95. The molecule has 0 bridgehead atoms. The Balaban J connectivity index is 3.12. The zero-order valence-electron chi connectivity index (χ0n) is 11.4. The first-order chi connectivity index (χ1) is 8.78. The standard InChI is InChI=1S/C12H18N2O3S2/c1-9-5-6-10(13-12(15)8-18-4)7-11(9)19(16,17)14(2)3/h5-7H,8H2,1-4H3,(H,13,15). The SMILES string of the molecule is CSCC(=O)Nc1ccc(C)c(S(=O)(=O)N(C)C)c1. The number of hydrogen-bond donors (Lipinski definition) is 1. The molecule has 0 heterocycles. The molecule has 0 radical (unpaired) electrons. The van der Waals surface area contributed by atoms with Gasteiger partial charge in [0.15, 0.2) is 0 Å². The van der Waals surface area contributed by atoms with Crippen LogP contribution in [0.4, 0.5) is 5.69 Å². The van der Waals surface area contributed by atoms with Crippen molar-refractivity contribution in [2.24, 2.45) is 0 Å². The number of carbonyl (C=O) groups excluding carboxylic acids is 1. The van der Waals surface area contributed by atoms with E-state index in [9.17, 15) is 13.2 Å². The van der Waals surface area contributed by atoms with Gasteiger partial charge < -0.3 is 5.32 Å². The molecule has 0 spiro atoms. The molecule has 0 aliphatic heterocycles. The van der Waals surface area contributed by atoms with Crippen molar-refractivity contribution >= 4 is 33.4 Å². The van der Waals surface area contributed by atoms with Gasteiger partial charge in [0.2, 0.25) is 15.9 Å². The van der Waals surface area contributed by atoms with E-state index in [1.54, 1.807) is 19.1 Å². The highest BCUT2D eigenvalue weighted by molar-refractivity contribution is 7.99. The third-order valence-electron chi connectivity index (χ3n) is 2.51. The van der Waals surface area contributed by atoms with Crippen molar-refractivity contribution in [1.82, 2.24) is 4.31 Å². The van der Waals surface area contributed by atoms with E-state index in [-0.39, 0.29) is 10.8 Å². The molecule has 19 heavy (non-hydrogen) atoms. The molecule has 1 rings (SSSR count). The first-order valence-electron chi connectivity index (χ1n) is 5.61. The van der Waals surface area contributed by atoms with Gasteiger partial charge in [-0.15, -0.1) is 0 Å². The van der Waals surface area contributed by atoms with E-state index < -0.39 is 10.0 Å². The molecule has 0 aliphatic carbocycles. The van der Waals surface area contributed by atoms with E-state index >= 15 is 0 Å². The second kappa shape index (κ2) is 6.40. The van der Waals surface area contributed by atoms with E-state index in [4.69, 9.17) is 0 Å². The highest BCUT2D eigenvalue weighted by Gasteiger charge is 2.20. The summed E-state index contributed by atoms with van der Waals surface area (Å²) in [5, 5.41) is 2.68. The monoisotopic (exact) mass is 302 g/mol. The Labute approximate surface area is 118 Å². The number of hydrogen-bond acceptors (Lipinski definition) is 4. The Morgan fingerprint density at radius 2 is 2.00 bits per heavy atom. The fourth-order valence-electron chi connectivity index (χ4n) is 1.48. The molecule has 0 saturated carbocycles. The first kappa shape index (κ1) is 16.0. The number of nitrogens with zero attached hydrogens (tertiary/aromatic N) is 1. The van der Waals surface area contributed by atoms with E-state index in [0.717, 1.165) is 4.31 Å². The lowest BCUT2D eigenvalue weighted by Crippen LogP contribution is -2.23. The van der Waals surface area contributed by atoms with E-state index in [1.807, 2.05) is 6.26 Å². The Morgan fingerprint density at radius 3 is 2.53 bits per heavy atom. The van der Waals surface area contributed by atoms with Gasteiger partial charge in [-0.05, 0) is 30.9 Å². The van der Waals surface area contributed by atoms with Crippen molar-refractivity contribution in [2.75, 3.05) is 31.4 Å². The molecular formula is C12H18N2O3S2. The predicted octanol–water partition coefficient (Wildman–Crippen LogP) is 1.55. The van der Waals surface area contributed by atoms with Crippen LogP contribution < -0.4 is 5.32 Å². The van der Waals surface area contributed by atoms with Crippen LogP contribution in [0.2, 0.25) is 0 Å². The quantitative estimate of drug-likeness (QED) is 0.896. The number of carbonyl (C=O) groups is 1. The molecule has 0 fully saturated rings. The summed E-state index contributed by atoms with van der Waals surface area (Å²) in [7, 11) is -0.541. The minimum Gasteiger partial charge on any atom is -0.325 e. The van der Waals surface area contributed by atoms with Crippen LogP contribution in [-0.4, -0.2) is 44.7 Å². The number of anilines is 1. The van der Waals surface area contributed by atoms with Gasteiger partial charge in [0.05, 0.1) is 10.6 Å². The van der Waals surface area contributed by atoms with Gasteiger partial charge in [-0.1, -0.05) is 6.07 Å². The highest BCUT2D eigenvalue weighted by Crippen LogP contribution is 2.22. The zero-order valence-corrected chi connectivity index (χ0v) is 13.1. The van der Waals surface area contributed by atoms with Crippen LogP contribution in [0.1, 0.15) is 5.56 Å². The Kier molecular flexibility index (Phi) is 5.39. The number of rotatable bonds is 5. The molecule has 0 saturated heterocycles. The third-order valence-corrected chi connectivity index (χ3v) is 5.01. The van der Waals surface area contributed by atoms with Gasteiger partial charge in [-0.25, -0.2) is 12.7 Å². The summed E-state index contributed by atoms with van der Waals surface area (Å²) >= 11 is 1.41.